The number of phenolic OH excluding ortho intramolecular Hbond substituents is 2. The van der Waals surface area contributed by atoms with Crippen LogP contribution in [0.1, 0.15) is 31.8 Å². The van der Waals surface area contributed by atoms with E-state index >= 15 is 0 Å². The van der Waals surface area contributed by atoms with E-state index in [9.17, 15) is 24.2 Å². The summed E-state index contributed by atoms with van der Waals surface area (Å²) in [6, 6.07) is 4.27. The minimum atomic E-state index is -0.906. The number of phenols is 2. The standard InChI is InChI=1S/C14H6ClFO4/c15-5-1-2-6(16)10-9(5)13(19)11-7(17)3-4-8(18)12(11)14(10)20/h1-4,17-18H. The number of carbonyl (C=O) groups is 2. The first-order chi connectivity index (χ1) is 9.43. The smallest absolute Gasteiger partial charge is 0.201 e. The van der Waals surface area contributed by atoms with Crippen LogP contribution >= 0.6 is 11.6 Å². The van der Waals surface area contributed by atoms with Gasteiger partial charge in [0.15, 0.2) is 5.78 Å². The number of ketones is 2. The van der Waals surface area contributed by atoms with Crippen LogP contribution < -0.4 is 0 Å². The summed E-state index contributed by atoms with van der Waals surface area (Å²) in [5.41, 5.74) is -1.57. The Bertz CT molecular complexity index is 669. The number of halogens is 2. The molecule has 0 fully saturated rings. The van der Waals surface area contributed by atoms with E-state index in [1.165, 1.54) is 0 Å². The van der Waals surface area contributed by atoms with Crippen LogP contribution in [0.5, 0.6) is 11.5 Å². The first-order valence-corrected chi connectivity index (χ1v) is 5.93. The average molecular weight is 293 g/mol. The van der Waals surface area contributed by atoms with Crippen molar-refractivity contribution in [2.75, 3.05) is 0 Å². The summed E-state index contributed by atoms with van der Waals surface area (Å²) in [4.78, 5) is 24.6. The average Bonchev–Trinajstić information content (AvgIpc) is 2.41. The Balaban J connectivity index is 2.46. The Kier molecular flexibility index (Phi) is 2.55. The Morgan fingerprint density at radius 2 is 1.30 bits per heavy atom. The molecule has 20 heavy (non-hydrogen) atoms. The fourth-order valence-electron chi connectivity index (χ4n) is 2.29. The van der Waals surface area contributed by atoms with Gasteiger partial charge in [-0.25, -0.2) is 4.39 Å². The summed E-state index contributed by atoms with van der Waals surface area (Å²) in [6.45, 7) is 0. The summed E-state index contributed by atoms with van der Waals surface area (Å²) in [6.07, 6.45) is 0. The van der Waals surface area contributed by atoms with E-state index < -0.39 is 40.0 Å². The highest BCUT2D eigenvalue weighted by Crippen LogP contribution is 2.40. The molecule has 0 aromatic heterocycles. The topological polar surface area (TPSA) is 74.6 Å². The van der Waals surface area contributed by atoms with Crippen LogP contribution in [0.25, 0.3) is 0 Å². The second-order valence-corrected chi connectivity index (χ2v) is 4.70. The molecule has 0 saturated carbocycles. The largest absolute Gasteiger partial charge is 0.507 e. The molecule has 100 valence electrons. The van der Waals surface area contributed by atoms with Crippen LogP contribution in [0.2, 0.25) is 5.02 Å². The highest BCUT2D eigenvalue weighted by Gasteiger charge is 2.37. The number of benzene rings is 2. The molecule has 6 heteroatoms. The van der Waals surface area contributed by atoms with Gasteiger partial charge in [-0.1, -0.05) is 11.6 Å². The Morgan fingerprint density at radius 3 is 1.85 bits per heavy atom. The lowest BCUT2D eigenvalue weighted by Gasteiger charge is -2.20. The van der Waals surface area contributed by atoms with E-state index in [0.717, 1.165) is 24.3 Å². The maximum atomic E-state index is 13.8. The minimum absolute atomic E-state index is 0.0897. The molecule has 0 saturated heterocycles. The van der Waals surface area contributed by atoms with Gasteiger partial charge in [-0.2, -0.15) is 0 Å². The molecule has 0 atom stereocenters. The number of hydrogen-bond donors (Lipinski definition) is 2. The Hall–Kier alpha value is -2.40. The zero-order chi connectivity index (χ0) is 14.6. The van der Waals surface area contributed by atoms with Gasteiger partial charge in [0.25, 0.3) is 0 Å². The van der Waals surface area contributed by atoms with Gasteiger partial charge in [-0.15, -0.1) is 0 Å². The molecule has 2 aromatic carbocycles. The monoisotopic (exact) mass is 292 g/mol. The van der Waals surface area contributed by atoms with Crippen molar-refractivity contribution in [2.45, 2.75) is 0 Å². The fourth-order valence-corrected chi connectivity index (χ4v) is 2.53. The summed E-state index contributed by atoms with van der Waals surface area (Å²) in [7, 11) is 0. The maximum absolute atomic E-state index is 13.8. The number of rotatable bonds is 0. The molecule has 0 amide bonds. The zero-order valence-corrected chi connectivity index (χ0v) is 10.5. The third-order valence-corrected chi connectivity index (χ3v) is 3.49. The van der Waals surface area contributed by atoms with Crippen molar-refractivity contribution in [3.63, 3.8) is 0 Å². The van der Waals surface area contributed by atoms with Gasteiger partial charge in [0.2, 0.25) is 5.78 Å². The van der Waals surface area contributed by atoms with Crippen LogP contribution in [0.15, 0.2) is 24.3 Å². The lowest BCUT2D eigenvalue weighted by atomic mass is 9.82. The van der Waals surface area contributed by atoms with Crippen molar-refractivity contribution in [1.82, 2.24) is 0 Å². The van der Waals surface area contributed by atoms with Crippen molar-refractivity contribution in [1.29, 1.82) is 0 Å². The van der Waals surface area contributed by atoms with Gasteiger partial charge in [-0.05, 0) is 24.3 Å². The molecule has 0 heterocycles. The normalized spacial score (nSPS) is 13.1. The lowest BCUT2D eigenvalue weighted by molar-refractivity contribution is 0.0971. The summed E-state index contributed by atoms with van der Waals surface area (Å²) in [5.74, 6) is -3.56. The first kappa shape index (κ1) is 12.6. The second-order valence-electron chi connectivity index (χ2n) is 4.29. The highest BCUT2D eigenvalue weighted by atomic mass is 35.5. The van der Waals surface area contributed by atoms with Gasteiger partial charge in [-0.3, -0.25) is 9.59 Å². The Morgan fingerprint density at radius 1 is 0.800 bits per heavy atom. The third kappa shape index (κ3) is 1.47. The molecular weight excluding hydrogens is 287 g/mol. The molecule has 2 aromatic rings. The van der Waals surface area contributed by atoms with E-state index in [2.05, 4.69) is 0 Å². The lowest BCUT2D eigenvalue weighted by Crippen LogP contribution is -2.23. The number of fused-ring (bicyclic) bond motifs is 2. The quantitative estimate of drug-likeness (QED) is 0.625. The highest BCUT2D eigenvalue weighted by molar-refractivity contribution is 6.39. The molecule has 1 aliphatic carbocycles. The second kappa shape index (κ2) is 4.05. The van der Waals surface area contributed by atoms with Crippen LogP contribution in [0.4, 0.5) is 4.39 Å². The predicted molar refractivity (Wildman–Crippen MR) is 68.0 cm³/mol. The molecule has 0 spiro atoms. The summed E-state index contributed by atoms with van der Waals surface area (Å²) >= 11 is 5.85. The van der Waals surface area contributed by atoms with E-state index in [4.69, 9.17) is 11.6 Å². The van der Waals surface area contributed by atoms with Gasteiger partial charge in [0.05, 0.1) is 27.3 Å². The molecule has 2 N–H and O–H groups in total. The van der Waals surface area contributed by atoms with Crippen molar-refractivity contribution >= 4 is 23.2 Å². The molecule has 0 aliphatic heterocycles. The minimum Gasteiger partial charge on any atom is -0.507 e. The van der Waals surface area contributed by atoms with Crippen molar-refractivity contribution in [2.24, 2.45) is 0 Å². The molecule has 0 unspecified atom stereocenters. The molecule has 0 radical (unpaired) electrons. The summed E-state index contributed by atoms with van der Waals surface area (Å²) in [5, 5.41) is 19.4. The SMILES string of the molecule is O=C1c2c(O)ccc(O)c2C(=O)c2c(Cl)ccc(F)c21. The van der Waals surface area contributed by atoms with Gasteiger partial charge in [0.1, 0.15) is 17.3 Å². The molecule has 0 bridgehead atoms. The number of carbonyl (C=O) groups excluding carboxylic acids is 2. The van der Waals surface area contributed by atoms with Gasteiger partial charge < -0.3 is 10.2 Å². The molecule has 3 rings (SSSR count). The number of hydrogen-bond acceptors (Lipinski definition) is 4. The molecular formula is C14H6ClFO4. The third-order valence-electron chi connectivity index (χ3n) is 3.17. The predicted octanol–water partition coefficient (Wildman–Crippen LogP) is 2.67. The first-order valence-electron chi connectivity index (χ1n) is 5.55. The van der Waals surface area contributed by atoms with Crippen LogP contribution in [-0.4, -0.2) is 21.8 Å². The maximum Gasteiger partial charge on any atom is 0.201 e. The molecule has 1 aliphatic rings. The van der Waals surface area contributed by atoms with Crippen molar-refractivity contribution in [3.05, 3.63) is 57.4 Å². The van der Waals surface area contributed by atoms with Crippen LogP contribution in [-0.2, 0) is 0 Å². The fraction of sp³-hybridized carbons (Fsp3) is 0. The zero-order valence-electron chi connectivity index (χ0n) is 9.78. The van der Waals surface area contributed by atoms with E-state index in [1.807, 2.05) is 0 Å². The van der Waals surface area contributed by atoms with E-state index in [1.54, 1.807) is 0 Å². The van der Waals surface area contributed by atoms with Crippen LogP contribution in [0, 0.1) is 5.82 Å². The summed E-state index contributed by atoms with van der Waals surface area (Å²) < 4.78 is 13.8. The number of aromatic hydroxyl groups is 2. The molecule has 4 nitrogen and oxygen atoms in total. The van der Waals surface area contributed by atoms with E-state index in [-0.39, 0.29) is 16.1 Å². The van der Waals surface area contributed by atoms with Gasteiger partial charge in [0, 0.05) is 0 Å². The van der Waals surface area contributed by atoms with Crippen molar-refractivity contribution in [3.8, 4) is 11.5 Å². The van der Waals surface area contributed by atoms with E-state index in [0.29, 0.717) is 0 Å². The van der Waals surface area contributed by atoms with Crippen LogP contribution in [0.3, 0.4) is 0 Å². The van der Waals surface area contributed by atoms with Gasteiger partial charge >= 0.3 is 0 Å². The Labute approximate surface area is 117 Å². The van der Waals surface area contributed by atoms with Crippen molar-refractivity contribution < 1.29 is 24.2 Å².